The molecule has 0 spiro atoms. The van der Waals surface area contributed by atoms with E-state index >= 15 is 0 Å². The third-order valence-electron chi connectivity index (χ3n) is 2.53. The molecule has 1 amide bonds. The van der Waals surface area contributed by atoms with Crippen LogP contribution in [-0.2, 0) is 0 Å². The number of benzene rings is 2. The Balaban J connectivity index is 2.23. The highest BCUT2D eigenvalue weighted by atomic mass is 127. The first-order valence-corrected chi connectivity index (χ1v) is 6.93. The molecular formula is C14H7ClFIN2O. The van der Waals surface area contributed by atoms with E-state index in [1.807, 2.05) is 22.6 Å². The fraction of sp³-hybridized carbons (Fsp3) is 0. The van der Waals surface area contributed by atoms with Gasteiger partial charge in [-0.25, -0.2) is 4.39 Å². The van der Waals surface area contributed by atoms with Gasteiger partial charge in [0.2, 0.25) is 0 Å². The fourth-order valence-electron chi connectivity index (χ4n) is 1.53. The molecule has 6 heteroatoms. The quantitative estimate of drug-likeness (QED) is 0.768. The summed E-state index contributed by atoms with van der Waals surface area (Å²) in [5.41, 5.74) is 0.674. The Bertz CT molecular complexity index is 728. The van der Waals surface area contributed by atoms with Crippen LogP contribution >= 0.6 is 34.2 Å². The maximum atomic E-state index is 13.2. The number of hydrogen-bond donors (Lipinski definition) is 1. The van der Waals surface area contributed by atoms with Gasteiger partial charge in [-0.2, -0.15) is 5.26 Å². The number of carbonyl (C=O) groups excluding carboxylic acids is 1. The van der Waals surface area contributed by atoms with Gasteiger partial charge in [-0.1, -0.05) is 11.6 Å². The molecule has 0 saturated carbocycles. The van der Waals surface area contributed by atoms with Gasteiger partial charge >= 0.3 is 0 Å². The number of anilines is 1. The van der Waals surface area contributed by atoms with Crippen molar-refractivity contribution < 1.29 is 9.18 Å². The Morgan fingerprint density at radius 1 is 1.30 bits per heavy atom. The molecule has 0 atom stereocenters. The second-order valence-corrected chi connectivity index (χ2v) is 5.46. The molecule has 20 heavy (non-hydrogen) atoms. The summed E-state index contributed by atoms with van der Waals surface area (Å²) in [6.07, 6.45) is 0. The van der Waals surface area contributed by atoms with Gasteiger partial charge in [-0.15, -0.1) is 0 Å². The van der Waals surface area contributed by atoms with Crippen LogP contribution in [0.5, 0.6) is 0 Å². The van der Waals surface area contributed by atoms with Crippen molar-refractivity contribution in [3.05, 3.63) is 61.9 Å². The van der Waals surface area contributed by atoms with Crippen molar-refractivity contribution in [1.82, 2.24) is 0 Å². The van der Waals surface area contributed by atoms with Gasteiger partial charge in [-0.3, -0.25) is 4.79 Å². The Kier molecular flexibility index (Phi) is 4.57. The summed E-state index contributed by atoms with van der Waals surface area (Å²) in [7, 11) is 0. The van der Waals surface area contributed by atoms with Crippen LogP contribution in [0.3, 0.4) is 0 Å². The Labute approximate surface area is 133 Å². The Morgan fingerprint density at radius 3 is 2.70 bits per heavy atom. The first-order valence-electron chi connectivity index (χ1n) is 5.47. The molecule has 100 valence electrons. The van der Waals surface area contributed by atoms with Crippen molar-refractivity contribution in [3.8, 4) is 6.07 Å². The maximum absolute atomic E-state index is 13.2. The standard InChI is InChI=1S/C14H7ClFIN2O/c15-11-3-1-8(6-13(11)17)14(20)19-10-2-4-12(16)9(5-10)7-18/h1-6H,(H,19,20). The van der Waals surface area contributed by atoms with Crippen molar-refractivity contribution in [1.29, 1.82) is 5.26 Å². The Hall–Kier alpha value is -1.65. The minimum absolute atomic E-state index is 0.117. The lowest BCUT2D eigenvalue weighted by atomic mass is 10.2. The van der Waals surface area contributed by atoms with E-state index in [0.717, 1.165) is 9.64 Å². The number of nitrogens with one attached hydrogen (secondary N) is 1. The molecule has 3 nitrogen and oxygen atoms in total. The van der Waals surface area contributed by atoms with Gasteiger partial charge in [0.1, 0.15) is 11.9 Å². The van der Waals surface area contributed by atoms with Crippen LogP contribution in [0.15, 0.2) is 36.4 Å². The van der Waals surface area contributed by atoms with Gasteiger partial charge in [0.05, 0.1) is 10.6 Å². The van der Waals surface area contributed by atoms with E-state index in [2.05, 4.69) is 5.32 Å². The molecule has 0 heterocycles. The van der Waals surface area contributed by atoms with Crippen LogP contribution in [0.1, 0.15) is 15.9 Å². The number of hydrogen-bond acceptors (Lipinski definition) is 2. The largest absolute Gasteiger partial charge is 0.322 e. The smallest absolute Gasteiger partial charge is 0.255 e. The van der Waals surface area contributed by atoms with Gasteiger partial charge < -0.3 is 5.32 Å². The van der Waals surface area contributed by atoms with Crippen LogP contribution in [0, 0.1) is 20.7 Å². The molecule has 0 saturated heterocycles. The molecule has 0 aliphatic heterocycles. The molecule has 0 fully saturated rings. The second kappa shape index (κ2) is 6.20. The van der Waals surface area contributed by atoms with Crippen LogP contribution in [0.4, 0.5) is 10.1 Å². The van der Waals surface area contributed by atoms with E-state index in [4.69, 9.17) is 16.9 Å². The minimum atomic E-state index is -0.619. The zero-order chi connectivity index (χ0) is 14.7. The summed E-state index contributed by atoms with van der Waals surface area (Å²) < 4.78 is 13.9. The third-order valence-corrected chi connectivity index (χ3v) is 4.07. The molecule has 2 aromatic carbocycles. The maximum Gasteiger partial charge on any atom is 0.255 e. The van der Waals surface area contributed by atoms with Crippen molar-refractivity contribution in [2.75, 3.05) is 5.32 Å². The van der Waals surface area contributed by atoms with Crippen molar-refractivity contribution in [3.63, 3.8) is 0 Å². The highest BCUT2D eigenvalue weighted by Gasteiger charge is 2.10. The zero-order valence-corrected chi connectivity index (χ0v) is 12.9. The van der Waals surface area contributed by atoms with E-state index in [-0.39, 0.29) is 11.5 Å². The minimum Gasteiger partial charge on any atom is -0.322 e. The number of rotatable bonds is 2. The summed E-state index contributed by atoms with van der Waals surface area (Å²) >= 11 is 7.91. The molecule has 2 rings (SSSR count). The molecule has 1 N–H and O–H groups in total. The molecule has 0 radical (unpaired) electrons. The SMILES string of the molecule is N#Cc1cc(NC(=O)c2ccc(Cl)c(I)c2)ccc1F. The predicted octanol–water partition coefficient (Wildman–Crippen LogP) is 4.21. The normalized spacial score (nSPS) is 9.90. The van der Waals surface area contributed by atoms with Crippen molar-refractivity contribution in [2.45, 2.75) is 0 Å². The topological polar surface area (TPSA) is 52.9 Å². The first-order chi connectivity index (χ1) is 9.51. The van der Waals surface area contributed by atoms with Crippen molar-refractivity contribution >= 4 is 45.8 Å². The molecule has 0 unspecified atom stereocenters. The van der Waals surface area contributed by atoms with E-state index in [0.29, 0.717) is 16.3 Å². The summed E-state index contributed by atoms with van der Waals surface area (Å²) in [4.78, 5) is 12.0. The summed E-state index contributed by atoms with van der Waals surface area (Å²) in [5.74, 6) is -0.971. The third kappa shape index (κ3) is 3.26. The molecule has 0 aromatic heterocycles. The van der Waals surface area contributed by atoms with Gasteiger partial charge in [0, 0.05) is 14.8 Å². The van der Waals surface area contributed by atoms with E-state index < -0.39 is 5.82 Å². The van der Waals surface area contributed by atoms with Crippen LogP contribution in [0.25, 0.3) is 0 Å². The van der Waals surface area contributed by atoms with Gasteiger partial charge in [0.15, 0.2) is 0 Å². The van der Waals surface area contributed by atoms with Gasteiger partial charge in [-0.05, 0) is 59.0 Å². The molecule has 0 bridgehead atoms. The van der Waals surface area contributed by atoms with Crippen LogP contribution < -0.4 is 5.32 Å². The number of halogens is 3. The monoisotopic (exact) mass is 400 g/mol. The lowest BCUT2D eigenvalue weighted by molar-refractivity contribution is 0.102. The molecule has 2 aromatic rings. The van der Waals surface area contributed by atoms with Crippen molar-refractivity contribution in [2.24, 2.45) is 0 Å². The average Bonchev–Trinajstić information content (AvgIpc) is 2.43. The Morgan fingerprint density at radius 2 is 2.05 bits per heavy atom. The van der Waals surface area contributed by atoms with Gasteiger partial charge in [0.25, 0.3) is 5.91 Å². The van der Waals surface area contributed by atoms with E-state index in [1.54, 1.807) is 24.3 Å². The lowest BCUT2D eigenvalue weighted by Crippen LogP contribution is -2.12. The second-order valence-electron chi connectivity index (χ2n) is 3.89. The summed E-state index contributed by atoms with van der Waals surface area (Å²) in [6.45, 7) is 0. The molecule has 0 aliphatic carbocycles. The molecule has 0 aliphatic rings. The lowest BCUT2D eigenvalue weighted by Gasteiger charge is -2.07. The number of nitrogens with zero attached hydrogens (tertiary/aromatic N) is 1. The number of amides is 1. The summed E-state index contributed by atoms with van der Waals surface area (Å²) in [6, 6.07) is 10.4. The fourth-order valence-corrected chi connectivity index (χ4v) is 2.16. The first kappa shape index (κ1) is 14.8. The van der Waals surface area contributed by atoms with E-state index in [1.165, 1.54) is 12.1 Å². The highest BCUT2D eigenvalue weighted by molar-refractivity contribution is 14.1. The van der Waals surface area contributed by atoms with Crippen LogP contribution in [0.2, 0.25) is 5.02 Å². The highest BCUT2D eigenvalue weighted by Crippen LogP contribution is 2.20. The predicted molar refractivity (Wildman–Crippen MR) is 83.2 cm³/mol. The number of nitriles is 1. The summed E-state index contributed by atoms with van der Waals surface area (Å²) in [5, 5.41) is 11.9. The molecular weight excluding hydrogens is 394 g/mol. The number of carbonyl (C=O) groups is 1. The zero-order valence-electron chi connectivity index (χ0n) is 9.95. The average molecular weight is 401 g/mol. The van der Waals surface area contributed by atoms with Crippen LogP contribution in [-0.4, -0.2) is 5.91 Å². The van der Waals surface area contributed by atoms with E-state index in [9.17, 15) is 9.18 Å².